The molecule has 0 aliphatic rings. The first-order chi connectivity index (χ1) is 14.4. The van der Waals surface area contributed by atoms with Crippen molar-refractivity contribution in [3.63, 3.8) is 0 Å². The highest BCUT2D eigenvalue weighted by molar-refractivity contribution is 5.74. The molecule has 0 atom stereocenters. The summed E-state index contributed by atoms with van der Waals surface area (Å²) in [5.74, 6) is 1.28. The fourth-order valence-corrected chi connectivity index (χ4v) is 3.12. The van der Waals surface area contributed by atoms with E-state index >= 15 is 0 Å². The highest BCUT2D eigenvalue weighted by atomic mass is 16.5. The molecule has 0 spiro atoms. The number of hydrogen-bond donors (Lipinski definition) is 2. The van der Waals surface area contributed by atoms with Crippen LogP contribution in [0.2, 0.25) is 0 Å². The van der Waals surface area contributed by atoms with E-state index in [0.29, 0.717) is 30.1 Å². The number of aromatic amines is 1. The van der Waals surface area contributed by atoms with Crippen LogP contribution in [0, 0.1) is 0 Å². The van der Waals surface area contributed by atoms with Gasteiger partial charge in [-0.2, -0.15) is 10.1 Å². The van der Waals surface area contributed by atoms with E-state index in [2.05, 4.69) is 20.4 Å². The predicted molar refractivity (Wildman–Crippen MR) is 118 cm³/mol. The summed E-state index contributed by atoms with van der Waals surface area (Å²) in [5, 5.41) is 8.02. The van der Waals surface area contributed by atoms with Gasteiger partial charge in [0.15, 0.2) is 5.65 Å². The normalized spacial score (nSPS) is 11.6. The SMILES string of the molecule is CC(C)(C)n1ncc2c(=O)[nH]c(NCc3ccc(COc4ccccc4)cc3)nc21. The quantitative estimate of drug-likeness (QED) is 0.507. The molecule has 0 amide bonds. The summed E-state index contributed by atoms with van der Waals surface area (Å²) >= 11 is 0. The molecule has 2 heterocycles. The Balaban J connectivity index is 1.43. The van der Waals surface area contributed by atoms with Gasteiger partial charge in [-0.15, -0.1) is 0 Å². The van der Waals surface area contributed by atoms with Crippen LogP contribution in [0.15, 0.2) is 65.6 Å². The van der Waals surface area contributed by atoms with E-state index in [4.69, 9.17) is 4.74 Å². The molecule has 0 bridgehead atoms. The van der Waals surface area contributed by atoms with E-state index < -0.39 is 0 Å². The van der Waals surface area contributed by atoms with Crippen LogP contribution in [-0.2, 0) is 18.7 Å². The average molecular weight is 403 g/mol. The van der Waals surface area contributed by atoms with Crippen LogP contribution in [0.5, 0.6) is 5.75 Å². The van der Waals surface area contributed by atoms with Crippen LogP contribution >= 0.6 is 0 Å². The molecule has 7 heteroatoms. The molecule has 2 aromatic heterocycles. The van der Waals surface area contributed by atoms with Crippen LogP contribution < -0.4 is 15.6 Å². The second-order valence-electron chi connectivity index (χ2n) is 8.15. The molecule has 4 rings (SSSR count). The number of anilines is 1. The number of nitrogens with one attached hydrogen (secondary N) is 2. The summed E-state index contributed by atoms with van der Waals surface area (Å²) in [5.41, 5.74) is 2.26. The van der Waals surface area contributed by atoms with E-state index in [1.165, 1.54) is 0 Å². The Kier molecular flexibility index (Phi) is 5.27. The first-order valence-corrected chi connectivity index (χ1v) is 9.88. The minimum atomic E-state index is -0.266. The first kappa shape index (κ1) is 19.7. The van der Waals surface area contributed by atoms with Crippen molar-refractivity contribution in [1.29, 1.82) is 0 Å². The maximum absolute atomic E-state index is 12.4. The Morgan fingerprint density at radius 3 is 2.43 bits per heavy atom. The van der Waals surface area contributed by atoms with E-state index in [0.717, 1.165) is 16.9 Å². The molecular formula is C23H25N5O2. The second kappa shape index (κ2) is 8.02. The molecular weight excluding hydrogens is 378 g/mol. The van der Waals surface area contributed by atoms with Crippen LogP contribution in [0.3, 0.4) is 0 Å². The number of hydrogen-bond acceptors (Lipinski definition) is 5. The Morgan fingerprint density at radius 1 is 1.03 bits per heavy atom. The van der Waals surface area contributed by atoms with Gasteiger partial charge in [-0.25, -0.2) is 4.68 Å². The number of rotatable bonds is 6. The third-order valence-corrected chi connectivity index (χ3v) is 4.71. The number of H-pyrrole nitrogens is 1. The predicted octanol–water partition coefficient (Wildman–Crippen LogP) is 4.07. The maximum Gasteiger partial charge on any atom is 0.263 e. The summed E-state index contributed by atoms with van der Waals surface area (Å²) < 4.78 is 7.54. The summed E-state index contributed by atoms with van der Waals surface area (Å²) in [6, 6.07) is 17.9. The minimum absolute atomic E-state index is 0.202. The van der Waals surface area contributed by atoms with Gasteiger partial charge in [0, 0.05) is 6.54 Å². The molecule has 0 saturated carbocycles. The van der Waals surface area contributed by atoms with Gasteiger partial charge in [0.25, 0.3) is 5.56 Å². The Hall–Kier alpha value is -3.61. The van der Waals surface area contributed by atoms with Gasteiger partial charge in [-0.05, 0) is 44.0 Å². The van der Waals surface area contributed by atoms with Crippen LogP contribution in [0.1, 0.15) is 31.9 Å². The molecule has 0 aliphatic heterocycles. The molecule has 0 unspecified atom stereocenters. The molecule has 0 fully saturated rings. The molecule has 2 aromatic carbocycles. The first-order valence-electron chi connectivity index (χ1n) is 9.88. The van der Waals surface area contributed by atoms with Gasteiger partial charge in [0.05, 0.1) is 11.7 Å². The maximum atomic E-state index is 12.4. The van der Waals surface area contributed by atoms with Crippen molar-refractivity contribution in [3.05, 3.63) is 82.3 Å². The third-order valence-electron chi connectivity index (χ3n) is 4.71. The van der Waals surface area contributed by atoms with E-state index in [9.17, 15) is 4.79 Å². The van der Waals surface area contributed by atoms with E-state index in [-0.39, 0.29) is 11.1 Å². The Bertz CT molecular complexity index is 1190. The molecule has 154 valence electrons. The van der Waals surface area contributed by atoms with Gasteiger partial charge in [0.2, 0.25) is 5.95 Å². The summed E-state index contributed by atoms with van der Waals surface area (Å²) in [7, 11) is 0. The van der Waals surface area contributed by atoms with Crippen LogP contribution in [0.25, 0.3) is 11.0 Å². The minimum Gasteiger partial charge on any atom is -0.489 e. The van der Waals surface area contributed by atoms with Crippen molar-refractivity contribution in [2.75, 3.05) is 5.32 Å². The van der Waals surface area contributed by atoms with Gasteiger partial charge < -0.3 is 10.1 Å². The number of benzene rings is 2. The van der Waals surface area contributed by atoms with Crippen LogP contribution in [-0.4, -0.2) is 19.7 Å². The second-order valence-corrected chi connectivity index (χ2v) is 8.15. The Morgan fingerprint density at radius 2 is 1.73 bits per heavy atom. The smallest absolute Gasteiger partial charge is 0.263 e. The van der Waals surface area contributed by atoms with E-state index in [1.54, 1.807) is 10.9 Å². The topological polar surface area (TPSA) is 84.8 Å². The molecule has 0 radical (unpaired) electrons. The number of ether oxygens (including phenoxy) is 1. The van der Waals surface area contributed by atoms with Crippen molar-refractivity contribution in [1.82, 2.24) is 19.7 Å². The van der Waals surface area contributed by atoms with E-state index in [1.807, 2.05) is 75.4 Å². The van der Waals surface area contributed by atoms with Gasteiger partial charge in [0.1, 0.15) is 17.7 Å². The zero-order valence-corrected chi connectivity index (χ0v) is 17.3. The molecule has 0 saturated heterocycles. The fraction of sp³-hybridized carbons (Fsp3) is 0.261. The Labute approximate surface area is 174 Å². The van der Waals surface area contributed by atoms with Crippen molar-refractivity contribution < 1.29 is 4.74 Å². The lowest BCUT2D eigenvalue weighted by Gasteiger charge is -2.19. The number of aromatic nitrogens is 4. The van der Waals surface area contributed by atoms with Gasteiger partial charge in [-0.3, -0.25) is 9.78 Å². The fourth-order valence-electron chi connectivity index (χ4n) is 3.12. The lowest BCUT2D eigenvalue weighted by atomic mass is 10.1. The molecule has 2 N–H and O–H groups in total. The third kappa shape index (κ3) is 4.35. The highest BCUT2D eigenvalue weighted by Crippen LogP contribution is 2.19. The van der Waals surface area contributed by atoms with Crippen molar-refractivity contribution in [3.8, 4) is 5.75 Å². The standard InChI is InChI=1S/C23H25N5O2/c1-23(2,3)28-20-19(14-25-28)21(29)27-22(26-20)24-13-16-9-11-17(12-10-16)15-30-18-7-5-4-6-8-18/h4-12,14H,13,15H2,1-3H3,(H2,24,26,27,29). The molecule has 30 heavy (non-hydrogen) atoms. The van der Waals surface area contributed by atoms with Gasteiger partial charge in [-0.1, -0.05) is 42.5 Å². The number of nitrogens with zero attached hydrogens (tertiary/aromatic N) is 3. The summed E-state index contributed by atoms with van der Waals surface area (Å²) in [4.78, 5) is 19.7. The zero-order chi connectivity index (χ0) is 21.1. The van der Waals surface area contributed by atoms with Crippen molar-refractivity contribution in [2.24, 2.45) is 0 Å². The summed E-state index contributed by atoms with van der Waals surface area (Å²) in [6.07, 6.45) is 1.56. The van der Waals surface area contributed by atoms with Crippen LogP contribution in [0.4, 0.5) is 5.95 Å². The number of para-hydroxylation sites is 1. The van der Waals surface area contributed by atoms with Crippen molar-refractivity contribution in [2.45, 2.75) is 39.5 Å². The highest BCUT2D eigenvalue weighted by Gasteiger charge is 2.19. The monoisotopic (exact) mass is 403 g/mol. The zero-order valence-electron chi connectivity index (χ0n) is 17.3. The molecule has 4 aromatic rings. The van der Waals surface area contributed by atoms with Gasteiger partial charge >= 0.3 is 0 Å². The lowest BCUT2D eigenvalue weighted by molar-refractivity contribution is 0.306. The number of fused-ring (bicyclic) bond motifs is 1. The molecule has 7 nitrogen and oxygen atoms in total. The molecule has 0 aliphatic carbocycles. The van der Waals surface area contributed by atoms with Crippen molar-refractivity contribution >= 4 is 17.0 Å². The largest absolute Gasteiger partial charge is 0.489 e. The summed E-state index contributed by atoms with van der Waals surface area (Å²) in [6.45, 7) is 7.13. The average Bonchev–Trinajstić information content (AvgIpc) is 3.17. The lowest BCUT2D eigenvalue weighted by Crippen LogP contribution is -2.24.